The zero-order valence-corrected chi connectivity index (χ0v) is 19.1. The highest BCUT2D eigenvalue weighted by Gasteiger charge is 2.27. The molecular weight excluding hydrogens is 418 g/mol. The molecule has 1 aliphatic rings. The fourth-order valence-electron chi connectivity index (χ4n) is 3.49. The molecule has 1 aliphatic heterocycles. The lowest BCUT2D eigenvalue weighted by Crippen LogP contribution is -2.30. The summed E-state index contributed by atoms with van der Waals surface area (Å²) >= 11 is 1.30. The van der Waals surface area contributed by atoms with Crippen LogP contribution < -0.4 is 5.32 Å². The molecule has 1 unspecified atom stereocenters. The van der Waals surface area contributed by atoms with Crippen LogP contribution in [0.15, 0.2) is 58.6 Å². The van der Waals surface area contributed by atoms with Gasteiger partial charge >= 0.3 is 0 Å². The van der Waals surface area contributed by atoms with Crippen molar-refractivity contribution in [2.24, 2.45) is 5.92 Å². The fourth-order valence-corrected chi connectivity index (χ4v) is 5.61. The standard InChI is InChI=1S/C22H29N3O3S2/c1-17(2)14-20(18-8-4-3-5-9-18)24-21(26)16-29-22-11-10-19(15-23-22)30(27,28)25-12-6-7-13-25/h3-5,8-11,15,17,20H,6-7,12-14,16H2,1-2H3,(H,24,26). The molecule has 162 valence electrons. The minimum Gasteiger partial charge on any atom is -0.349 e. The lowest BCUT2D eigenvalue weighted by Gasteiger charge is -2.21. The van der Waals surface area contributed by atoms with Crippen molar-refractivity contribution in [1.82, 2.24) is 14.6 Å². The minimum absolute atomic E-state index is 0.0276. The predicted octanol–water partition coefficient (Wildman–Crippen LogP) is 3.86. The maximum Gasteiger partial charge on any atom is 0.244 e. The van der Waals surface area contributed by atoms with Gasteiger partial charge < -0.3 is 5.32 Å². The fraction of sp³-hybridized carbons (Fsp3) is 0.455. The van der Waals surface area contributed by atoms with E-state index in [4.69, 9.17) is 0 Å². The van der Waals surface area contributed by atoms with Crippen LogP contribution in [0.2, 0.25) is 0 Å². The molecular formula is C22H29N3O3S2. The Kier molecular flexibility index (Phi) is 7.91. The van der Waals surface area contributed by atoms with Gasteiger partial charge in [0.05, 0.1) is 16.8 Å². The number of carbonyl (C=O) groups excluding carboxylic acids is 1. The van der Waals surface area contributed by atoms with Gasteiger partial charge in [-0.15, -0.1) is 0 Å². The summed E-state index contributed by atoms with van der Waals surface area (Å²) in [6, 6.07) is 13.2. The molecule has 6 nitrogen and oxygen atoms in total. The molecule has 1 aromatic carbocycles. The van der Waals surface area contributed by atoms with Crippen molar-refractivity contribution < 1.29 is 13.2 Å². The van der Waals surface area contributed by atoms with Gasteiger partial charge in [-0.3, -0.25) is 4.79 Å². The maximum atomic E-state index is 12.6. The topological polar surface area (TPSA) is 79.4 Å². The van der Waals surface area contributed by atoms with Gasteiger partial charge in [0.25, 0.3) is 0 Å². The lowest BCUT2D eigenvalue weighted by molar-refractivity contribution is -0.119. The summed E-state index contributed by atoms with van der Waals surface area (Å²) in [5, 5.41) is 3.75. The minimum atomic E-state index is -3.46. The Balaban J connectivity index is 1.57. The molecule has 1 aromatic heterocycles. The predicted molar refractivity (Wildman–Crippen MR) is 120 cm³/mol. The molecule has 1 atom stereocenters. The molecule has 2 aromatic rings. The highest BCUT2D eigenvalue weighted by atomic mass is 32.2. The summed E-state index contributed by atoms with van der Waals surface area (Å²) in [5.41, 5.74) is 1.10. The van der Waals surface area contributed by atoms with E-state index in [1.807, 2.05) is 30.3 Å². The van der Waals surface area contributed by atoms with E-state index in [1.54, 1.807) is 12.1 Å². The Morgan fingerprint density at radius 3 is 2.43 bits per heavy atom. The normalized spacial score (nSPS) is 16.0. The summed E-state index contributed by atoms with van der Waals surface area (Å²) in [6.07, 6.45) is 4.05. The van der Waals surface area contributed by atoms with Crippen LogP contribution in [-0.4, -0.2) is 42.5 Å². The number of aromatic nitrogens is 1. The molecule has 0 bridgehead atoms. The quantitative estimate of drug-likeness (QED) is 0.591. The summed E-state index contributed by atoms with van der Waals surface area (Å²) < 4.78 is 26.6. The summed E-state index contributed by atoms with van der Waals surface area (Å²) in [5.74, 6) is 0.618. The number of hydrogen-bond acceptors (Lipinski definition) is 5. The first-order valence-corrected chi connectivity index (χ1v) is 12.7. The number of carbonyl (C=O) groups is 1. The molecule has 0 radical (unpaired) electrons. The van der Waals surface area contributed by atoms with Gasteiger partial charge in [0, 0.05) is 19.3 Å². The molecule has 0 saturated carbocycles. The molecule has 1 saturated heterocycles. The highest BCUT2D eigenvalue weighted by Crippen LogP contribution is 2.24. The van der Waals surface area contributed by atoms with Crippen molar-refractivity contribution in [3.63, 3.8) is 0 Å². The number of benzene rings is 1. The first-order chi connectivity index (χ1) is 14.4. The molecule has 2 heterocycles. The summed E-state index contributed by atoms with van der Waals surface area (Å²) in [7, 11) is -3.46. The Morgan fingerprint density at radius 2 is 1.83 bits per heavy atom. The second-order valence-electron chi connectivity index (χ2n) is 7.89. The van der Waals surface area contributed by atoms with Crippen LogP contribution in [0, 0.1) is 5.92 Å². The van der Waals surface area contributed by atoms with Gasteiger partial charge in [-0.25, -0.2) is 13.4 Å². The third-order valence-corrected chi connectivity index (χ3v) is 7.83. The van der Waals surface area contributed by atoms with E-state index >= 15 is 0 Å². The number of sulfonamides is 1. The first kappa shape index (κ1) is 22.8. The average Bonchev–Trinajstić information content (AvgIpc) is 3.28. The van der Waals surface area contributed by atoms with Gasteiger partial charge in [0.15, 0.2) is 0 Å². The number of rotatable bonds is 9. The maximum absolute atomic E-state index is 12.6. The molecule has 1 N–H and O–H groups in total. The molecule has 1 fully saturated rings. The number of nitrogens with one attached hydrogen (secondary N) is 1. The van der Waals surface area contributed by atoms with Crippen LogP contribution in [0.3, 0.4) is 0 Å². The van der Waals surface area contributed by atoms with Gasteiger partial charge in [-0.1, -0.05) is 55.9 Å². The second kappa shape index (κ2) is 10.4. The van der Waals surface area contributed by atoms with Crippen molar-refractivity contribution >= 4 is 27.7 Å². The van der Waals surface area contributed by atoms with Gasteiger partial charge in [0.1, 0.15) is 4.90 Å². The van der Waals surface area contributed by atoms with E-state index in [2.05, 4.69) is 24.1 Å². The largest absolute Gasteiger partial charge is 0.349 e. The van der Waals surface area contributed by atoms with E-state index in [-0.39, 0.29) is 22.6 Å². The molecule has 30 heavy (non-hydrogen) atoms. The van der Waals surface area contributed by atoms with E-state index in [9.17, 15) is 13.2 Å². The SMILES string of the molecule is CC(C)CC(NC(=O)CSc1ccc(S(=O)(=O)N2CCCC2)cn1)c1ccccc1. The number of hydrogen-bond donors (Lipinski definition) is 1. The van der Waals surface area contributed by atoms with Crippen LogP contribution in [0.5, 0.6) is 0 Å². The van der Waals surface area contributed by atoms with Crippen molar-refractivity contribution in [2.75, 3.05) is 18.8 Å². The molecule has 8 heteroatoms. The third kappa shape index (κ3) is 6.06. The van der Waals surface area contributed by atoms with E-state index in [1.165, 1.54) is 22.3 Å². The smallest absolute Gasteiger partial charge is 0.244 e. The van der Waals surface area contributed by atoms with E-state index < -0.39 is 10.0 Å². The molecule has 3 rings (SSSR count). The van der Waals surface area contributed by atoms with Crippen molar-refractivity contribution in [3.8, 4) is 0 Å². The molecule has 0 aliphatic carbocycles. The Hall–Kier alpha value is -1.90. The van der Waals surface area contributed by atoms with Crippen molar-refractivity contribution in [3.05, 3.63) is 54.2 Å². The van der Waals surface area contributed by atoms with Gasteiger partial charge in [0.2, 0.25) is 15.9 Å². The second-order valence-corrected chi connectivity index (χ2v) is 10.8. The van der Waals surface area contributed by atoms with Crippen LogP contribution in [0.25, 0.3) is 0 Å². The summed E-state index contributed by atoms with van der Waals surface area (Å²) in [4.78, 5) is 17.0. The van der Waals surface area contributed by atoms with E-state index in [0.29, 0.717) is 24.0 Å². The lowest BCUT2D eigenvalue weighted by atomic mass is 9.97. The molecule has 0 spiro atoms. The van der Waals surface area contributed by atoms with Crippen LogP contribution >= 0.6 is 11.8 Å². The highest BCUT2D eigenvalue weighted by molar-refractivity contribution is 7.99. The third-order valence-electron chi connectivity index (χ3n) is 5.01. The van der Waals surface area contributed by atoms with Crippen LogP contribution in [-0.2, 0) is 14.8 Å². The van der Waals surface area contributed by atoms with Gasteiger partial charge in [-0.2, -0.15) is 4.31 Å². The van der Waals surface area contributed by atoms with Crippen LogP contribution in [0.4, 0.5) is 0 Å². The average molecular weight is 448 g/mol. The Morgan fingerprint density at radius 1 is 1.13 bits per heavy atom. The van der Waals surface area contributed by atoms with Crippen LogP contribution in [0.1, 0.15) is 44.7 Å². The van der Waals surface area contributed by atoms with E-state index in [0.717, 1.165) is 24.8 Å². The number of nitrogens with zero attached hydrogens (tertiary/aromatic N) is 2. The Bertz CT molecular complexity index is 926. The summed E-state index contributed by atoms with van der Waals surface area (Å²) in [6.45, 7) is 5.41. The first-order valence-electron chi connectivity index (χ1n) is 10.3. The number of pyridine rings is 1. The Labute approximate surface area is 183 Å². The monoisotopic (exact) mass is 447 g/mol. The zero-order chi connectivity index (χ0) is 21.6. The van der Waals surface area contributed by atoms with Crippen molar-refractivity contribution in [2.45, 2.75) is 49.1 Å². The number of amides is 1. The number of thioether (sulfide) groups is 1. The van der Waals surface area contributed by atoms with Gasteiger partial charge in [-0.05, 0) is 42.9 Å². The van der Waals surface area contributed by atoms with Crippen molar-refractivity contribution in [1.29, 1.82) is 0 Å². The molecule has 1 amide bonds. The zero-order valence-electron chi connectivity index (χ0n) is 17.5.